The van der Waals surface area contributed by atoms with E-state index >= 15 is 0 Å². The molecule has 1 aliphatic carbocycles. The maximum atomic E-state index is 13.2. The summed E-state index contributed by atoms with van der Waals surface area (Å²) in [5, 5.41) is 0. The molecule has 1 unspecified atom stereocenters. The summed E-state index contributed by atoms with van der Waals surface area (Å²) in [5.74, 6) is 1.50. The van der Waals surface area contributed by atoms with Crippen LogP contribution in [0.25, 0.3) is 0 Å². The molecular formula is C24H25NO4. The molecule has 0 fully saturated rings. The molecule has 0 bridgehead atoms. The molecule has 0 radical (unpaired) electrons. The van der Waals surface area contributed by atoms with Crippen LogP contribution in [-0.2, 0) is 9.59 Å². The van der Waals surface area contributed by atoms with Gasteiger partial charge >= 0.3 is 0 Å². The highest BCUT2D eigenvalue weighted by atomic mass is 16.5. The van der Waals surface area contributed by atoms with Crippen molar-refractivity contribution in [1.29, 1.82) is 0 Å². The SMILES string of the molecule is CCOc1ccc(N2C(=O)CC(c3ccc(OC)cc3)C3=C2CCCC3=O)cc1. The third kappa shape index (κ3) is 3.65. The molecule has 0 spiro atoms. The van der Waals surface area contributed by atoms with E-state index < -0.39 is 0 Å². The fraction of sp³-hybridized carbons (Fsp3) is 0.333. The van der Waals surface area contributed by atoms with Gasteiger partial charge in [-0.2, -0.15) is 0 Å². The normalized spacial score (nSPS) is 19.2. The van der Waals surface area contributed by atoms with Crippen molar-refractivity contribution in [1.82, 2.24) is 0 Å². The Hall–Kier alpha value is -3.08. The predicted molar refractivity (Wildman–Crippen MR) is 111 cm³/mol. The van der Waals surface area contributed by atoms with E-state index in [0.717, 1.165) is 46.9 Å². The fourth-order valence-electron chi connectivity index (χ4n) is 4.27. The van der Waals surface area contributed by atoms with Gasteiger partial charge in [-0.15, -0.1) is 0 Å². The number of hydrogen-bond donors (Lipinski definition) is 0. The molecule has 5 nitrogen and oxygen atoms in total. The van der Waals surface area contributed by atoms with Crippen molar-refractivity contribution in [3.05, 3.63) is 65.4 Å². The van der Waals surface area contributed by atoms with Crippen LogP contribution >= 0.6 is 0 Å². The molecule has 0 saturated carbocycles. The standard InChI is InChI=1S/C24H25NO4/c1-3-29-19-13-9-17(10-14-19)25-21-5-4-6-22(26)24(21)20(15-23(25)27)16-7-11-18(28-2)12-8-16/h7-14,20H,3-6,15H2,1-2H3. The second-order valence-electron chi connectivity index (χ2n) is 7.32. The lowest BCUT2D eigenvalue weighted by Crippen LogP contribution is -2.40. The number of ether oxygens (including phenoxy) is 2. The van der Waals surface area contributed by atoms with Crippen molar-refractivity contribution in [2.45, 2.75) is 38.5 Å². The Morgan fingerprint density at radius 2 is 1.66 bits per heavy atom. The maximum absolute atomic E-state index is 13.2. The quantitative estimate of drug-likeness (QED) is 0.746. The third-order valence-corrected chi connectivity index (χ3v) is 5.60. The van der Waals surface area contributed by atoms with Crippen LogP contribution in [0.5, 0.6) is 11.5 Å². The number of carbonyl (C=O) groups excluding carboxylic acids is 2. The third-order valence-electron chi connectivity index (χ3n) is 5.60. The topological polar surface area (TPSA) is 55.8 Å². The van der Waals surface area contributed by atoms with E-state index in [1.165, 1.54) is 0 Å². The summed E-state index contributed by atoms with van der Waals surface area (Å²) in [5.41, 5.74) is 3.40. The summed E-state index contributed by atoms with van der Waals surface area (Å²) in [7, 11) is 1.62. The molecule has 5 heteroatoms. The minimum Gasteiger partial charge on any atom is -0.497 e. The molecule has 2 aromatic carbocycles. The zero-order valence-electron chi connectivity index (χ0n) is 16.8. The summed E-state index contributed by atoms with van der Waals surface area (Å²) in [6, 6.07) is 15.2. The van der Waals surface area contributed by atoms with Crippen LogP contribution in [0.3, 0.4) is 0 Å². The Kier molecular flexibility index (Phi) is 5.38. The van der Waals surface area contributed by atoms with E-state index in [4.69, 9.17) is 9.47 Å². The number of benzene rings is 2. The first kappa shape index (κ1) is 19.2. The van der Waals surface area contributed by atoms with Crippen LogP contribution in [0.2, 0.25) is 0 Å². The van der Waals surface area contributed by atoms with Crippen molar-refractivity contribution >= 4 is 17.4 Å². The first-order valence-corrected chi connectivity index (χ1v) is 10.1. The number of nitrogens with zero attached hydrogens (tertiary/aromatic N) is 1. The summed E-state index contributed by atoms with van der Waals surface area (Å²) in [4.78, 5) is 27.9. The van der Waals surface area contributed by atoms with Crippen molar-refractivity contribution in [2.24, 2.45) is 0 Å². The highest BCUT2D eigenvalue weighted by Crippen LogP contribution is 2.43. The van der Waals surface area contributed by atoms with Crippen LogP contribution in [0, 0.1) is 0 Å². The molecule has 4 rings (SSSR count). The monoisotopic (exact) mass is 391 g/mol. The molecular weight excluding hydrogens is 366 g/mol. The van der Waals surface area contributed by atoms with Gasteiger partial charge < -0.3 is 9.47 Å². The molecule has 1 aliphatic heterocycles. The lowest BCUT2D eigenvalue weighted by molar-refractivity contribution is -0.119. The van der Waals surface area contributed by atoms with Gasteiger partial charge in [0.05, 0.1) is 13.7 Å². The molecule has 1 heterocycles. The van der Waals surface area contributed by atoms with Crippen molar-refractivity contribution in [3.8, 4) is 11.5 Å². The maximum Gasteiger partial charge on any atom is 0.232 e. The Balaban J connectivity index is 1.75. The number of amides is 1. The Labute approximate surface area is 170 Å². The first-order chi connectivity index (χ1) is 14.1. The molecule has 2 aromatic rings. The van der Waals surface area contributed by atoms with Crippen LogP contribution in [0.4, 0.5) is 5.69 Å². The van der Waals surface area contributed by atoms with E-state index in [2.05, 4.69) is 0 Å². The lowest BCUT2D eigenvalue weighted by Gasteiger charge is -2.38. The highest BCUT2D eigenvalue weighted by Gasteiger charge is 2.39. The van der Waals surface area contributed by atoms with E-state index in [9.17, 15) is 9.59 Å². The molecule has 0 N–H and O–H groups in total. The van der Waals surface area contributed by atoms with Crippen LogP contribution < -0.4 is 14.4 Å². The van der Waals surface area contributed by atoms with Gasteiger partial charge in [0.25, 0.3) is 0 Å². The van der Waals surface area contributed by atoms with Gasteiger partial charge in [0.1, 0.15) is 11.5 Å². The summed E-state index contributed by atoms with van der Waals surface area (Å²) >= 11 is 0. The van der Waals surface area contributed by atoms with Gasteiger partial charge in [-0.1, -0.05) is 12.1 Å². The summed E-state index contributed by atoms with van der Waals surface area (Å²) < 4.78 is 10.8. The van der Waals surface area contributed by atoms with Crippen molar-refractivity contribution in [2.75, 3.05) is 18.6 Å². The molecule has 2 aliphatic rings. The fourth-order valence-corrected chi connectivity index (χ4v) is 4.27. The smallest absolute Gasteiger partial charge is 0.232 e. The van der Waals surface area contributed by atoms with Gasteiger partial charge in [0, 0.05) is 35.7 Å². The number of allylic oxidation sites excluding steroid dienone is 2. The first-order valence-electron chi connectivity index (χ1n) is 10.1. The average molecular weight is 391 g/mol. The molecule has 0 aromatic heterocycles. The van der Waals surface area contributed by atoms with Gasteiger partial charge in [0.15, 0.2) is 5.78 Å². The van der Waals surface area contributed by atoms with E-state index in [1.807, 2.05) is 55.5 Å². The number of methoxy groups -OCH3 is 1. The van der Waals surface area contributed by atoms with Gasteiger partial charge in [-0.3, -0.25) is 14.5 Å². The molecule has 1 amide bonds. The molecule has 0 saturated heterocycles. The highest BCUT2D eigenvalue weighted by molar-refractivity contribution is 6.07. The number of anilines is 1. The predicted octanol–water partition coefficient (Wildman–Crippen LogP) is 4.62. The number of hydrogen-bond acceptors (Lipinski definition) is 4. The Morgan fingerprint density at radius 3 is 2.31 bits per heavy atom. The van der Waals surface area contributed by atoms with Crippen molar-refractivity contribution < 1.29 is 19.1 Å². The number of ketones is 1. The van der Waals surface area contributed by atoms with E-state index in [1.54, 1.807) is 12.0 Å². The minimum absolute atomic E-state index is 0.0171. The minimum atomic E-state index is -0.199. The van der Waals surface area contributed by atoms with Crippen LogP contribution in [0.15, 0.2) is 59.8 Å². The molecule has 29 heavy (non-hydrogen) atoms. The zero-order valence-corrected chi connectivity index (χ0v) is 16.8. The molecule has 1 atom stereocenters. The summed E-state index contributed by atoms with van der Waals surface area (Å²) in [6.45, 7) is 2.53. The van der Waals surface area contributed by atoms with Gasteiger partial charge in [0.2, 0.25) is 5.91 Å². The van der Waals surface area contributed by atoms with E-state index in [0.29, 0.717) is 13.0 Å². The van der Waals surface area contributed by atoms with E-state index in [-0.39, 0.29) is 24.0 Å². The number of Topliss-reactive ketones (excluding diaryl/α,β-unsaturated/α-hetero) is 1. The molecule has 150 valence electrons. The largest absolute Gasteiger partial charge is 0.497 e. The Bertz CT molecular complexity index is 944. The number of rotatable bonds is 5. The second kappa shape index (κ2) is 8.11. The van der Waals surface area contributed by atoms with Crippen LogP contribution in [-0.4, -0.2) is 25.4 Å². The van der Waals surface area contributed by atoms with Gasteiger partial charge in [-0.25, -0.2) is 0 Å². The second-order valence-corrected chi connectivity index (χ2v) is 7.32. The Morgan fingerprint density at radius 1 is 0.966 bits per heavy atom. The average Bonchev–Trinajstić information content (AvgIpc) is 2.74. The van der Waals surface area contributed by atoms with Gasteiger partial charge in [-0.05, 0) is 61.7 Å². The lowest BCUT2D eigenvalue weighted by atomic mass is 9.77. The van der Waals surface area contributed by atoms with Crippen LogP contribution in [0.1, 0.15) is 44.1 Å². The number of carbonyl (C=O) groups is 2. The summed E-state index contributed by atoms with van der Waals surface area (Å²) in [6.07, 6.45) is 2.32. The zero-order chi connectivity index (χ0) is 20.4. The van der Waals surface area contributed by atoms with Crippen molar-refractivity contribution in [3.63, 3.8) is 0 Å².